The van der Waals surface area contributed by atoms with E-state index in [1.807, 2.05) is 25.1 Å². The third-order valence-corrected chi connectivity index (χ3v) is 4.11. The number of halogens is 1. The monoisotopic (exact) mass is 236 g/mol. The second-order valence-corrected chi connectivity index (χ2v) is 5.74. The highest BCUT2D eigenvalue weighted by molar-refractivity contribution is 5.57. The Kier molecular flexibility index (Phi) is 2.90. The Morgan fingerprint density at radius 1 is 1.35 bits per heavy atom. The number of nitrogens with zero attached hydrogens (tertiary/aromatic N) is 1. The number of nitrogens with two attached hydrogens (primary N) is 1. The van der Waals surface area contributed by atoms with Crippen molar-refractivity contribution in [2.24, 2.45) is 17.1 Å². The summed E-state index contributed by atoms with van der Waals surface area (Å²) in [7, 11) is 3.98. The van der Waals surface area contributed by atoms with E-state index < -0.39 is 0 Å². The Morgan fingerprint density at radius 3 is 2.47 bits per heavy atom. The lowest BCUT2D eigenvalue weighted by atomic mass is 10.0. The van der Waals surface area contributed by atoms with Gasteiger partial charge in [-0.3, -0.25) is 0 Å². The van der Waals surface area contributed by atoms with Crippen molar-refractivity contribution in [3.05, 3.63) is 29.6 Å². The summed E-state index contributed by atoms with van der Waals surface area (Å²) in [5.41, 5.74) is 8.17. The van der Waals surface area contributed by atoms with Gasteiger partial charge in [0, 0.05) is 19.8 Å². The first-order valence-corrected chi connectivity index (χ1v) is 6.06. The van der Waals surface area contributed by atoms with E-state index in [1.165, 1.54) is 6.07 Å². The molecule has 1 aromatic carbocycles. The lowest BCUT2D eigenvalue weighted by Crippen LogP contribution is -2.12. The molecule has 2 N–H and O–H groups in total. The van der Waals surface area contributed by atoms with Crippen LogP contribution >= 0.6 is 0 Å². The minimum Gasteiger partial charge on any atom is -0.377 e. The van der Waals surface area contributed by atoms with Crippen LogP contribution in [0.25, 0.3) is 0 Å². The lowest BCUT2D eigenvalue weighted by Gasteiger charge is -2.18. The normalized spacial score (nSPS) is 25.8. The Morgan fingerprint density at radius 2 is 2.00 bits per heavy atom. The number of rotatable bonds is 3. The SMILES string of the molecule is CN(C)c1ccc(F)cc1C1C(CN)C1(C)C. The van der Waals surface area contributed by atoms with Gasteiger partial charge in [-0.2, -0.15) is 0 Å². The molecule has 0 spiro atoms. The summed E-state index contributed by atoms with van der Waals surface area (Å²) in [5, 5.41) is 0. The zero-order valence-corrected chi connectivity index (χ0v) is 11.0. The van der Waals surface area contributed by atoms with Gasteiger partial charge in [0.15, 0.2) is 0 Å². The van der Waals surface area contributed by atoms with Gasteiger partial charge in [0.05, 0.1) is 0 Å². The van der Waals surface area contributed by atoms with Crippen LogP contribution in [0.4, 0.5) is 10.1 Å². The minimum absolute atomic E-state index is 0.163. The summed E-state index contributed by atoms with van der Waals surface area (Å²) in [5.74, 6) is 0.674. The maximum atomic E-state index is 13.4. The summed E-state index contributed by atoms with van der Waals surface area (Å²) < 4.78 is 13.4. The first-order valence-electron chi connectivity index (χ1n) is 6.06. The number of benzene rings is 1. The van der Waals surface area contributed by atoms with Gasteiger partial charge >= 0.3 is 0 Å². The van der Waals surface area contributed by atoms with E-state index in [0.29, 0.717) is 18.4 Å². The maximum absolute atomic E-state index is 13.4. The zero-order valence-electron chi connectivity index (χ0n) is 11.0. The first-order chi connectivity index (χ1) is 7.89. The first kappa shape index (κ1) is 12.4. The topological polar surface area (TPSA) is 29.3 Å². The van der Waals surface area contributed by atoms with E-state index in [4.69, 9.17) is 5.73 Å². The van der Waals surface area contributed by atoms with Gasteiger partial charge in [-0.25, -0.2) is 4.39 Å². The molecule has 0 aliphatic heterocycles. The fraction of sp³-hybridized carbons (Fsp3) is 0.571. The fourth-order valence-corrected chi connectivity index (χ4v) is 2.98. The van der Waals surface area contributed by atoms with E-state index in [1.54, 1.807) is 6.07 Å². The average molecular weight is 236 g/mol. The van der Waals surface area contributed by atoms with Gasteiger partial charge < -0.3 is 10.6 Å². The molecular formula is C14H21FN2. The number of hydrogen-bond acceptors (Lipinski definition) is 2. The lowest BCUT2D eigenvalue weighted by molar-refractivity contribution is 0.558. The van der Waals surface area contributed by atoms with E-state index >= 15 is 0 Å². The van der Waals surface area contributed by atoms with Crippen molar-refractivity contribution in [2.45, 2.75) is 19.8 Å². The van der Waals surface area contributed by atoms with Gasteiger partial charge in [-0.05, 0) is 47.6 Å². The highest BCUT2D eigenvalue weighted by Gasteiger charge is 2.57. The predicted molar refractivity (Wildman–Crippen MR) is 69.8 cm³/mol. The van der Waals surface area contributed by atoms with E-state index in [9.17, 15) is 4.39 Å². The van der Waals surface area contributed by atoms with Crippen LogP contribution in [0.2, 0.25) is 0 Å². The Labute approximate surface area is 103 Å². The van der Waals surface area contributed by atoms with Crippen LogP contribution in [0.3, 0.4) is 0 Å². The van der Waals surface area contributed by atoms with Crippen molar-refractivity contribution in [1.29, 1.82) is 0 Å². The summed E-state index contributed by atoms with van der Waals surface area (Å²) in [6.07, 6.45) is 0. The number of anilines is 1. The molecule has 1 fully saturated rings. The van der Waals surface area contributed by atoms with Gasteiger partial charge in [0.25, 0.3) is 0 Å². The van der Waals surface area contributed by atoms with Gasteiger partial charge in [0.2, 0.25) is 0 Å². The second-order valence-electron chi connectivity index (χ2n) is 5.74. The highest BCUT2D eigenvalue weighted by atomic mass is 19.1. The molecule has 0 heterocycles. The Balaban J connectivity index is 2.42. The molecule has 0 aromatic heterocycles. The second kappa shape index (κ2) is 3.98. The molecule has 1 aliphatic rings. The largest absolute Gasteiger partial charge is 0.377 e. The van der Waals surface area contributed by atoms with E-state index in [0.717, 1.165) is 11.3 Å². The molecule has 2 rings (SSSR count). The molecule has 94 valence electrons. The molecule has 1 aromatic rings. The van der Waals surface area contributed by atoms with Crippen LogP contribution < -0.4 is 10.6 Å². The average Bonchev–Trinajstić information content (AvgIpc) is 2.79. The standard InChI is InChI=1S/C14H21FN2/c1-14(2)11(8-16)13(14)10-7-9(15)5-6-12(10)17(3)4/h5-7,11,13H,8,16H2,1-4H3. The molecule has 0 saturated heterocycles. The summed E-state index contributed by atoms with van der Waals surface area (Å²) in [6, 6.07) is 5.04. The van der Waals surface area contributed by atoms with Crippen molar-refractivity contribution in [2.75, 3.05) is 25.5 Å². The van der Waals surface area contributed by atoms with Crippen LogP contribution in [-0.2, 0) is 0 Å². The molecular weight excluding hydrogens is 215 g/mol. The van der Waals surface area contributed by atoms with Crippen LogP contribution in [-0.4, -0.2) is 20.6 Å². The van der Waals surface area contributed by atoms with Crippen molar-refractivity contribution >= 4 is 5.69 Å². The van der Waals surface area contributed by atoms with Gasteiger partial charge in [0.1, 0.15) is 5.82 Å². The highest BCUT2D eigenvalue weighted by Crippen LogP contribution is 2.65. The van der Waals surface area contributed by atoms with E-state index in [2.05, 4.69) is 13.8 Å². The summed E-state index contributed by atoms with van der Waals surface area (Å²) in [4.78, 5) is 2.04. The molecule has 0 bridgehead atoms. The third kappa shape index (κ3) is 1.93. The molecule has 0 amide bonds. The molecule has 1 aliphatic carbocycles. The summed E-state index contributed by atoms with van der Waals surface area (Å²) in [6.45, 7) is 5.08. The Hall–Kier alpha value is -1.09. The van der Waals surface area contributed by atoms with Crippen molar-refractivity contribution < 1.29 is 4.39 Å². The third-order valence-electron chi connectivity index (χ3n) is 4.11. The predicted octanol–water partition coefficient (Wildman–Crippen LogP) is 2.59. The maximum Gasteiger partial charge on any atom is 0.123 e. The Bertz CT molecular complexity index is 426. The van der Waals surface area contributed by atoms with Gasteiger partial charge in [-0.15, -0.1) is 0 Å². The van der Waals surface area contributed by atoms with Crippen molar-refractivity contribution in [3.63, 3.8) is 0 Å². The smallest absolute Gasteiger partial charge is 0.123 e. The molecule has 17 heavy (non-hydrogen) atoms. The molecule has 0 radical (unpaired) electrons. The number of hydrogen-bond donors (Lipinski definition) is 1. The van der Waals surface area contributed by atoms with Crippen LogP contribution in [0.15, 0.2) is 18.2 Å². The van der Waals surface area contributed by atoms with E-state index in [-0.39, 0.29) is 11.2 Å². The van der Waals surface area contributed by atoms with Crippen molar-refractivity contribution in [1.82, 2.24) is 0 Å². The quantitative estimate of drug-likeness (QED) is 0.874. The zero-order chi connectivity index (χ0) is 12.8. The van der Waals surface area contributed by atoms with Gasteiger partial charge in [-0.1, -0.05) is 13.8 Å². The van der Waals surface area contributed by atoms with Crippen LogP contribution in [0.5, 0.6) is 0 Å². The molecule has 1 saturated carbocycles. The summed E-state index contributed by atoms with van der Waals surface area (Å²) >= 11 is 0. The van der Waals surface area contributed by atoms with Crippen molar-refractivity contribution in [3.8, 4) is 0 Å². The fourth-order valence-electron chi connectivity index (χ4n) is 2.98. The minimum atomic E-state index is -0.163. The molecule has 2 unspecified atom stereocenters. The molecule has 2 nitrogen and oxygen atoms in total. The van der Waals surface area contributed by atoms with Crippen LogP contribution in [0.1, 0.15) is 25.3 Å². The van der Waals surface area contributed by atoms with Crippen LogP contribution in [0, 0.1) is 17.2 Å². The molecule has 3 heteroatoms. The molecule has 2 atom stereocenters.